The van der Waals surface area contributed by atoms with Crippen LogP contribution in [0.2, 0.25) is 5.02 Å². The number of hydrogen-bond acceptors (Lipinski definition) is 3. The van der Waals surface area contributed by atoms with Crippen LogP contribution in [-0.4, -0.2) is 55.2 Å². The van der Waals surface area contributed by atoms with Gasteiger partial charge in [-0.15, -0.1) is 0 Å². The van der Waals surface area contributed by atoms with Crippen molar-refractivity contribution < 1.29 is 5.11 Å². The van der Waals surface area contributed by atoms with Gasteiger partial charge < -0.3 is 14.9 Å². The van der Waals surface area contributed by atoms with E-state index in [-0.39, 0.29) is 11.7 Å². The number of benzene rings is 2. The third-order valence-corrected chi connectivity index (χ3v) is 5.56. The third kappa shape index (κ3) is 4.79. The second kappa shape index (κ2) is 8.90. The van der Waals surface area contributed by atoms with Crippen molar-refractivity contribution in [1.82, 2.24) is 9.80 Å². The van der Waals surface area contributed by atoms with Gasteiger partial charge in [-0.2, -0.15) is 0 Å². The van der Waals surface area contributed by atoms with E-state index in [1.807, 2.05) is 12.1 Å². The Morgan fingerprint density at radius 1 is 1.15 bits per heavy atom. The first-order valence-corrected chi connectivity index (χ1v) is 9.85. The summed E-state index contributed by atoms with van der Waals surface area (Å²) in [5.41, 5.74) is 3.78. The van der Waals surface area contributed by atoms with Crippen molar-refractivity contribution in [3.63, 3.8) is 0 Å². The molecular weight excluding hydrogens is 344 g/mol. The Kier molecular flexibility index (Phi) is 6.58. The molecule has 0 unspecified atom stereocenters. The minimum atomic E-state index is 0.186. The number of rotatable bonds is 6. The van der Waals surface area contributed by atoms with Crippen molar-refractivity contribution in [3.05, 3.63) is 64.2 Å². The lowest BCUT2D eigenvalue weighted by Crippen LogP contribution is -2.30. The van der Waals surface area contributed by atoms with E-state index in [0.717, 1.165) is 32.6 Å². The Morgan fingerprint density at radius 3 is 2.65 bits per heavy atom. The summed E-state index contributed by atoms with van der Waals surface area (Å²) in [5.74, 6) is 0.455. The maximum atomic E-state index is 10.2. The Bertz CT molecular complexity index is 718. The van der Waals surface area contributed by atoms with Crippen molar-refractivity contribution in [2.24, 2.45) is 0 Å². The summed E-state index contributed by atoms with van der Waals surface area (Å²) in [5, 5.41) is 10.6. The zero-order valence-electron chi connectivity index (χ0n) is 15.8. The monoisotopic (exact) mass is 372 g/mol. The van der Waals surface area contributed by atoms with Crippen molar-refractivity contribution in [1.29, 1.82) is 0 Å². The Hall–Kier alpha value is -1.55. The standard InChI is InChI=1S/C22H29ClN2O/c1-24(2)11-6-7-12-25-13-10-18-14-21(23)22(26)15-19(18)20(16-25)17-8-4-3-5-9-17/h3-5,8-9,14-15,20,26H,6-7,10-13,16H2,1-2H3/t20-/m0/s1. The van der Waals surface area contributed by atoms with Gasteiger partial charge in [0.1, 0.15) is 5.75 Å². The van der Waals surface area contributed by atoms with Gasteiger partial charge in [-0.25, -0.2) is 0 Å². The average Bonchev–Trinajstić information content (AvgIpc) is 2.80. The van der Waals surface area contributed by atoms with E-state index in [1.54, 1.807) is 0 Å². The summed E-state index contributed by atoms with van der Waals surface area (Å²) in [6.45, 7) is 4.28. The number of phenols is 1. The molecule has 0 spiro atoms. The predicted octanol–water partition coefficient (Wildman–Crippen LogP) is 4.38. The molecule has 1 N–H and O–H groups in total. The molecule has 0 saturated heterocycles. The highest BCUT2D eigenvalue weighted by Crippen LogP contribution is 2.36. The predicted molar refractivity (Wildman–Crippen MR) is 109 cm³/mol. The van der Waals surface area contributed by atoms with Gasteiger partial charge in [0.25, 0.3) is 0 Å². The first-order chi connectivity index (χ1) is 12.5. The number of unbranched alkanes of at least 4 members (excludes halogenated alkanes) is 1. The second-order valence-electron chi connectivity index (χ2n) is 7.53. The number of phenolic OH excluding ortho intramolecular Hbond substituents is 1. The van der Waals surface area contributed by atoms with Gasteiger partial charge in [0.15, 0.2) is 0 Å². The van der Waals surface area contributed by atoms with Crippen LogP contribution < -0.4 is 0 Å². The molecule has 2 aromatic carbocycles. The molecule has 0 saturated carbocycles. The molecule has 1 atom stereocenters. The molecule has 0 radical (unpaired) electrons. The summed E-state index contributed by atoms with van der Waals surface area (Å²) in [7, 11) is 4.26. The maximum Gasteiger partial charge on any atom is 0.134 e. The molecule has 1 aliphatic rings. The SMILES string of the molecule is CN(C)CCCCN1CCc2cc(Cl)c(O)cc2[C@H](c2ccccc2)C1. The maximum absolute atomic E-state index is 10.2. The molecule has 2 aromatic rings. The van der Waals surface area contributed by atoms with Gasteiger partial charge in [-0.05, 0) is 75.3 Å². The molecule has 3 nitrogen and oxygen atoms in total. The fourth-order valence-electron chi connectivity index (χ4n) is 3.82. The van der Waals surface area contributed by atoms with Gasteiger partial charge in [0, 0.05) is 19.0 Å². The lowest BCUT2D eigenvalue weighted by atomic mass is 9.88. The summed E-state index contributed by atoms with van der Waals surface area (Å²) >= 11 is 6.19. The number of aromatic hydroxyl groups is 1. The summed E-state index contributed by atoms with van der Waals surface area (Å²) in [6.07, 6.45) is 3.41. The molecule has 3 rings (SSSR count). The van der Waals surface area contributed by atoms with E-state index in [4.69, 9.17) is 11.6 Å². The van der Waals surface area contributed by atoms with Crippen LogP contribution in [0.3, 0.4) is 0 Å². The Morgan fingerprint density at radius 2 is 1.92 bits per heavy atom. The van der Waals surface area contributed by atoms with Gasteiger partial charge in [-0.3, -0.25) is 0 Å². The van der Waals surface area contributed by atoms with E-state index in [2.05, 4.69) is 54.2 Å². The van der Waals surface area contributed by atoms with Crippen molar-refractivity contribution >= 4 is 11.6 Å². The number of nitrogens with zero attached hydrogens (tertiary/aromatic N) is 2. The van der Waals surface area contributed by atoms with Crippen LogP contribution >= 0.6 is 11.6 Å². The highest BCUT2D eigenvalue weighted by Gasteiger charge is 2.25. The van der Waals surface area contributed by atoms with Gasteiger partial charge in [-0.1, -0.05) is 41.9 Å². The van der Waals surface area contributed by atoms with Gasteiger partial charge >= 0.3 is 0 Å². The topological polar surface area (TPSA) is 26.7 Å². The van der Waals surface area contributed by atoms with E-state index < -0.39 is 0 Å². The first kappa shape index (κ1) is 19.2. The fourth-order valence-corrected chi connectivity index (χ4v) is 4.01. The lowest BCUT2D eigenvalue weighted by molar-refractivity contribution is 0.264. The van der Waals surface area contributed by atoms with Crippen LogP contribution in [-0.2, 0) is 6.42 Å². The Labute approximate surface area is 162 Å². The highest BCUT2D eigenvalue weighted by molar-refractivity contribution is 6.32. The minimum absolute atomic E-state index is 0.186. The lowest BCUT2D eigenvalue weighted by Gasteiger charge is -2.25. The average molecular weight is 373 g/mol. The van der Waals surface area contributed by atoms with E-state index in [9.17, 15) is 5.11 Å². The van der Waals surface area contributed by atoms with Gasteiger partial charge in [0.2, 0.25) is 0 Å². The van der Waals surface area contributed by atoms with E-state index in [0.29, 0.717) is 5.02 Å². The zero-order valence-corrected chi connectivity index (χ0v) is 16.5. The fraction of sp³-hybridized carbons (Fsp3) is 0.455. The minimum Gasteiger partial charge on any atom is -0.506 e. The van der Waals surface area contributed by atoms with Crippen LogP contribution in [0.25, 0.3) is 0 Å². The van der Waals surface area contributed by atoms with E-state index >= 15 is 0 Å². The van der Waals surface area contributed by atoms with Crippen LogP contribution in [0.15, 0.2) is 42.5 Å². The molecule has 0 aromatic heterocycles. The first-order valence-electron chi connectivity index (χ1n) is 9.48. The number of fused-ring (bicyclic) bond motifs is 1. The molecule has 0 fully saturated rings. The Balaban J connectivity index is 1.82. The largest absolute Gasteiger partial charge is 0.506 e. The molecule has 0 aliphatic carbocycles. The van der Waals surface area contributed by atoms with Crippen molar-refractivity contribution in [2.75, 3.05) is 40.3 Å². The quantitative estimate of drug-likeness (QED) is 0.762. The zero-order chi connectivity index (χ0) is 18.5. The summed E-state index contributed by atoms with van der Waals surface area (Å²) in [6, 6.07) is 14.5. The molecule has 1 heterocycles. The van der Waals surface area contributed by atoms with Crippen molar-refractivity contribution in [2.45, 2.75) is 25.2 Å². The smallest absolute Gasteiger partial charge is 0.134 e. The molecule has 0 bridgehead atoms. The molecule has 26 heavy (non-hydrogen) atoms. The van der Waals surface area contributed by atoms with Crippen LogP contribution in [0.4, 0.5) is 0 Å². The second-order valence-corrected chi connectivity index (χ2v) is 7.93. The summed E-state index contributed by atoms with van der Waals surface area (Å²) in [4.78, 5) is 4.81. The third-order valence-electron chi connectivity index (χ3n) is 5.25. The molecule has 140 valence electrons. The van der Waals surface area contributed by atoms with E-state index in [1.165, 1.54) is 29.5 Å². The van der Waals surface area contributed by atoms with Crippen molar-refractivity contribution in [3.8, 4) is 5.75 Å². The number of hydrogen-bond donors (Lipinski definition) is 1. The van der Waals surface area contributed by atoms with Gasteiger partial charge in [0.05, 0.1) is 5.02 Å². The highest BCUT2D eigenvalue weighted by atomic mass is 35.5. The van der Waals surface area contributed by atoms with Crippen LogP contribution in [0.1, 0.15) is 35.4 Å². The molecule has 1 aliphatic heterocycles. The number of halogens is 1. The summed E-state index contributed by atoms with van der Waals surface area (Å²) < 4.78 is 0. The van der Waals surface area contributed by atoms with Crippen LogP contribution in [0, 0.1) is 0 Å². The molecule has 0 amide bonds. The van der Waals surface area contributed by atoms with Crippen LogP contribution in [0.5, 0.6) is 5.75 Å². The molecule has 4 heteroatoms. The normalized spacial score (nSPS) is 17.9. The molecular formula is C22H29ClN2O.